The zero-order chi connectivity index (χ0) is 17.9. The van der Waals surface area contributed by atoms with Crippen LogP contribution in [0.15, 0.2) is 30.6 Å². The molecule has 0 radical (unpaired) electrons. The Morgan fingerprint density at radius 2 is 1.96 bits per heavy atom. The molecule has 0 fully saturated rings. The van der Waals surface area contributed by atoms with E-state index >= 15 is 0 Å². The van der Waals surface area contributed by atoms with Crippen LogP contribution in [0.1, 0.15) is 13.0 Å². The topological polar surface area (TPSA) is 142 Å². The highest BCUT2D eigenvalue weighted by molar-refractivity contribution is 5.95. The lowest BCUT2D eigenvalue weighted by molar-refractivity contribution is -0.385. The van der Waals surface area contributed by atoms with Crippen LogP contribution in [0, 0.1) is 20.2 Å². The Morgan fingerprint density at radius 1 is 1.29 bits per heavy atom. The molecule has 0 bridgehead atoms. The van der Waals surface area contributed by atoms with Gasteiger partial charge in [0.1, 0.15) is 24.2 Å². The molecule has 1 aromatic carbocycles. The molecule has 2 aromatic rings. The molecule has 1 atom stereocenters. The Morgan fingerprint density at radius 3 is 2.50 bits per heavy atom. The smallest absolute Gasteiger partial charge is 0.307 e. The van der Waals surface area contributed by atoms with Crippen LogP contribution in [0.5, 0.6) is 5.75 Å². The zero-order valence-electron chi connectivity index (χ0n) is 12.7. The van der Waals surface area contributed by atoms with E-state index < -0.39 is 21.8 Å². The Labute approximate surface area is 135 Å². The van der Waals surface area contributed by atoms with Gasteiger partial charge in [0.15, 0.2) is 0 Å². The molecule has 1 unspecified atom stereocenters. The summed E-state index contributed by atoms with van der Waals surface area (Å²) in [6.07, 6.45) is 2.17. The average molecular weight is 335 g/mol. The standard InChI is InChI=1S/C13H13N5O6/c1-8(16-7-10(6-14-16)18(22)23)13(19)15-11-4-3-9(17(20)21)5-12(11)24-2/h3-8H,1-2H3,(H,15,19). The highest BCUT2D eigenvalue weighted by Gasteiger charge is 2.21. The molecular formula is C13H13N5O6. The third-order valence-electron chi connectivity index (χ3n) is 3.23. The van der Waals surface area contributed by atoms with E-state index in [1.807, 2.05) is 0 Å². The van der Waals surface area contributed by atoms with Gasteiger partial charge >= 0.3 is 5.69 Å². The van der Waals surface area contributed by atoms with E-state index in [4.69, 9.17) is 4.74 Å². The van der Waals surface area contributed by atoms with Gasteiger partial charge in [-0.1, -0.05) is 0 Å². The number of benzene rings is 1. The Balaban J connectivity index is 2.18. The van der Waals surface area contributed by atoms with E-state index in [-0.39, 0.29) is 22.8 Å². The molecule has 11 nitrogen and oxygen atoms in total. The molecule has 0 spiro atoms. The SMILES string of the molecule is COc1cc([N+](=O)[O-])ccc1NC(=O)C(C)n1cc([N+](=O)[O-])cn1. The fraction of sp³-hybridized carbons (Fsp3) is 0.231. The van der Waals surface area contributed by atoms with E-state index in [0.29, 0.717) is 0 Å². The molecule has 0 saturated carbocycles. The summed E-state index contributed by atoms with van der Waals surface area (Å²) < 4.78 is 6.17. The van der Waals surface area contributed by atoms with Crippen LogP contribution in [0.4, 0.5) is 17.1 Å². The summed E-state index contributed by atoms with van der Waals surface area (Å²) in [6.45, 7) is 1.50. The van der Waals surface area contributed by atoms with Crippen molar-refractivity contribution in [3.63, 3.8) is 0 Å². The number of methoxy groups -OCH3 is 1. The first-order chi connectivity index (χ1) is 11.3. The second-order valence-electron chi connectivity index (χ2n) is 4.74. The van der Waals surface area contributed by atoms with Crippen molar-refractivity contribution in [3.05, 3.63) is 50.8 Å². The summed E-state index contributed by atoms with van der Waals surface area (Å²) >= 11 is 0. The van der Waals surface area contributed by atoms with Crippen LogP contribution in [0.2, 0.25) is 0 Å². The summed E-state index contributed by atoms with van der Waals surface area (Å²) in [6, 6.07) is 2.91. The van der Waals surface area contributed by atoms with Crippen molar-refractivity contribution in [2.24, 2.45) is 0 Å². The molecule has 0 aliphatic rings. The number of rotatable bonds is 6. The third-order valence-corrected chi connectivity index (χ3v) is 3.23. The fourth-order valence-corrected chi connectivity index (χ4v) is 1.89. The van der Waals surface area contributed by atoms with Gasteiger partial charge in [-0.05, 0) is 13.0 Å². The van der Waals surface area contributed by atoms with Gasteiger partial charge in [-0.15, -0.1) is 0 Å². The largest absolute Gasteiger partial charge is 0.494 e. The lowest BCUT2D eigenvalue weighted by Gasteiger charge is -2.14. The van der Waals surface area contributed by atoms with Crippen molar-refractivity contribution in [3.8, 4) is 5.75 Å². The van der Waals surface area contributed by atoms with Crippen LogP contribution < -0.4 is 10.1 Å². The minimum absolute atomic E-state index is 0.121. The normalized spacial score (nSPS) is 11.6. The number of carbonyl (C=O) groups excluding carboxylic acids is 1. The molecule has 0 aliphatic heterocycles. The fourth-order valence-electron chi connectivity index (χ4n) is 1.89. The summed E-state index contributed by atoms with van der Waals surface area (Å²) in [7, 11) is 1.31. The lowest BCUT2D eigenvalue weighted by Crippen LogP contribution is -2.24. The number of nitro groups is 2. The number of amides is 1. The van der Waals surface area contributed by atoms with Crippen LogP contribution >= 0.6 is 0 Å². The van der Waals surface area contributed by atoms with Gasteiger partial charge in [0.25, 0.3) is 5.69 Å². The number of nitrogens with one attached hydrogen (secondary N) is 1. The monoisotopic (exact) mass is 335 g/mol. The number of hydrogen-bond donors (Lipinski definition) is 1. The molecule has 1 aromatic heterocycles. The Hall–Kier alpha value is -3.50. The molecule has 24 heavy (non-hydrogen) atoms. The molecule has 0 aliphatic carbocycles. The predicted octanol–water partition coefficient (Wildman–Crippen LogP) is 1.91. The first-order valence-electron chi connectivity index (χ1n) is 6.65. The van der Waals surface area contributed by atoms with Crippen LogP contribution in [-0.2, 0) is 4.79 Å². The highest BCUT2D eigenvalue weighted by atomic mass is 16.6. The number of nitro benzene ring substituents is 1. The van der Waals surface area contributed by atoms with E-state index in [0.717, 1.165) is 17.1 Å². The quantitative estimate of drug-likeness (QED) is 0.627. The number of anilines is 1. The van der Waals surface area contributed by atoms with Crippen molar-refractivity contribution in [2.45, 2.75) is 13.0 Å². The van der Waals surface area contributed by atoms with Gasteiger partial charge in [0.2, 0.25) is 5.91 Å². The molecule has 0 saturated heterocycles. The van der Waals surface area contributed by atoms with E-state index in [2.05, 4.69) is 10.4 Å². The summed E-state index contributed by atoms with van der Waals surface area (Å²) in [5.41, 5.74) is -0.176. The number of ether oxygens (including phenoxy) is 1. The molecule has 11 heteroatoms. The molecule has 1 N–H and O–H groups in total. The molecular weight excluding hydrogens is 322 g/mol. The minimum Gasteiger partial charge on any atom is -0.494 e. The molecule has 1 amide bonds. The summed E-state index contributed by atoms with van der Waals surface area (Å²) in [5, 5.41) is 27.7. The van der Waals surface area contributed by atoms with Crippen LogP contribution in [-0.4, -0.2) is 32.6 Å². The average Bonchev–Trinajstić information content (AvgIpc) is 3.04. The van der Waals surface area contributed by atoms with Gasteiger partial charge < -0.3 is 10.1 Å². The highest BCUT2D eigenvalue weighted by Crippen LogP contribution is 2.29. The van der Waals surface area contributed by atoms with Gasteiger partial charge in [-0.3, -0.25) is 29.7 Å². The number of aromatic nitrogens is 2. The number of carbonyl (C=O) groups is 1. The van der Waals surface area contributed by atoms with Crippen LogP contribution in [0.3, 0.4) is 0 Å². The van der Waals surface area contributed by atoms with E-state index in [1.165, 1.54) is 32.2 Å². The molecule has 126 valence electrons. The Kier molecular flexibility index (Phi) is 4.73. The third kappa shape index (κ3) is 3.45. The van der Waals surface area contributed by atoms with Crippen molar-refractivity contribution in [2.75, 3.05) is 12.4 Å². The van der Waals surface area contributed by atoms with Gasteiger partial charge in [-0.2, -0.15) is 5.10 Å². The van der Waals surface area contributed by atoms with Crippen molar-refractivity contribution in [1.29, 1.82) is 0 Å². The summed E-state index contributed by atoms with van der Waals surface area (Å²) in [4.78, 5) is 32.4. The second-order valence-corrected chi connectivity index (χ2v) is 4.74. The van der Waals surface area contributed by atoms with Crippen molar-refractivity contribution >= 4 is 23.0 Å². The van der Waals surface area contributed by atoms with Crippen molar-refractivity contribution < 1.29 is 19.4 Å². The summed E-state index contributed by atoms with van der Waals surface area (Å²) in [5.74, 6) is -0.392. The first kappa shape index (κ1) is 16.9. The van der Waals surface area contributed by atoms with E-state index in [1.54, 1.807) is 0 Å². The maximum atomic E-state index is 12.2. The van der Waals surface area contributed by atoms with Gasteiger partial charge in [0, 0.05) is 6.07 Å². The number of non-ortho nitro benzene ring substituents is 1. The predicted molar refractivity (Wildman–Crippen MR) is 81.9 cm³/mol. The maximum absolute atomic E-state index is 12.2. The van der Waals surface area contributed by atoms with Gasteiger partial charge in [-0.25, -0.2) is 0 Å². The number of nitrogens with zero attached hydrogens (tertiary/aromatic N) is 4. The second kappa shape index (κ2) is 6.73. The lowest BCUT2D eigenvalue weighted by atomic mass is 10.2. The molecule has 1 heterocycles. The number of hydrogen-bond acceptors (Lipinski definition) is 7. The van der Waals surface area contributed by atoms with Gasteiger partial charge in [0.05, 0.1) is 28.7 Å². The van der Waals surface area contributed by atoms with Crippen LogP contribution in [0.25, 0.3) is 0 Å². The maximum Gasteiger partial charge on any atom is 0.307 e. The zero-order valence-corrected chi connectivity index (χ0v) is 12.7. The minimum atomic E-state index is -0.835. The Bertz CT molecular complexity index is 802. The molecule has 2 rings (SSSR count). The first-order valence-corrected chi connectivity index (χ1v) is 6.65. The van der Waals surface area contributed by atoms with E-state index in [9.17, 15) is 25.0 Å². The van der Waals surface area contributed by atoms with Crippen molar-refractivity contribution in [1.82, 2.24) is 9.78 Å².